The minimum Gasteiger partial charge on any atom is -0.0823 e. The molecule has 0 aromatic heterocycles. The Morgan fingerprint density at radius 1 is 1.45 bits per heavy atom. The van der Waals surface area contributed by atoms with Crippen LogP contribution in [0, 0.1) is 18.3 Å². The van der Waals surface area contributed by atoms with Gasteiger partial charge in [-0.25, -0.2) is 0 Å². The van der Waals surface area contributed by atoms with Crippen LogP contribution in [0.4, 0.5) is 0 Å². The van der Waals surface area contributed by atoms with Gasteiger partial charge in [0.15, 0.2) is 0 Å². The van der Waals surface area contributed by atoms with Gasteiger partial charge >= 0.3 is 0 Å². The van der Waals surface area contributed by atoms with Gasteiger partial charge in [-0.1, -0.05) is 56.7 Å². The summed E-state index contributed by atoms with van der Waals surface area (Å²) in [6, 6.07) is 0. The minimum absolute atomic E-state index is 0.461. The van der Waals surface area contributed by atoms with Gasteiger partial charge in [0, 0.05) is 3.92 Å². The van der Waals surface area contributed by atoms with Crippen molar-refractivity contribution in [3.8, 4) is 0 Å². The lowest BCUT2D eigenvalue weighted by Gasteiger charge is -2.33. The van der Waals surface area contributed by atoms with E-state index in [1.165, 1.54) is 12.8 Å². The quantitative estimate of drug-likeness (QED) is 0.531. The molecule has 0 rings (SSSR count). The number of rotatable bonds is 4. The van der Waals surface area contributed by atoms with Crippen molar-refractivity contribution >= 4 is 22.6 Å². The normalized spacial score (nSPS) is 18.0. The lowest BCUT2D eigenvalue weighted by Crippen LogP contribution is -2.27. The van der Waals surface area contributed by atoms with E-state index < -0.39 is 0 Å². The maximum absolute atomic E-state index is 4.07. The Kier molecular flexibility index (Phi) is 4.99. The van der Waals surface area contributed by atoms with E-state index in [1.54, 1.807) is 0 Å². The average Bonchev–Trinajstić information content (AvgIpc) is 1.86. The molecule has 0 aromatic carbocycles. The topological polar surface area (TPSA) is 0 Å². The Bertz CT molecular complexity index is 105. The monoisotopic (exact) mass is 267 g/mol. The van der Waals surface area contributed by atoms with E-state index in [0.717, 1.165) is 0 Å². The molecule has 0 aliphatic carbocycles. The molecule has 0 saturated heterocycles. The fraction of sp³-hybridized carbons (Fsp3) is 0.900. The predicted octanol–water partition coefficient (Wildman–Crippen LogP) is 4.09. The number of hydrogen-bond donors (Lipinski definition) is 0. The summed E-state index contributed by atoms with van der Waals surface area (Å²) in [5.74, 6) is 0.711. The lowest BCUT2D eigenvalue weighted by molar-refractivity contribution is 0.219. The molecule has 0 aliphatic rings. The second kappa shape index (κ2) is 4.68. The largest absolute Gasteiger partial charge is 0.0823 e. The third-order valence-corrected chi connectivity index (χ3v) is 3.75. The molecule has 11 heavy (non-hydrogen) atoms. The Balaban J connectivity index is 4.05. The first-order valence-electron chi connectivity index (χ1n) is 4.39. The van der Waals surface area contributed by atoms with Crippen molar-refractivity contribution in [2.45, 2.75) is 44.5 Å². The molecule has 2 unspecified atom stereocenters. The van der Waals surface area contributed by atoms with Gasteiger partial charge in [0.05, 0.1) is 0 Å². The van der Waals surface area contributed by atoms with E-state index in [0.29, 0.717) is 15.3 Å². The zero-order valence-corrected chi connectivity index (χ0v) is 10.3. The molecule has 0 nitrogen and oxygen atoms in total. The molecule has 2 atom stereocenters. The van der Waals surface area contributed by atoms with Gasteiger partial charge in [-0.3, -0.25) is 0 Å². The first-order chi connectivity index (χ1) is 4.91. The van der Waals surface area contributed by atoms with E-state index in [-0.39, 0.29) is 0 Å². The van der Waals surface area contributed by atoms with Crippen LogP contribution in [0.25, 0.3) is 0 Å². The van der Waals surface area contributed by atoms with Gasteiger partial charge in [0.2, 0.25) is 0 Å². The summed E-state index contributed by atoms with van der Waals surface area (Å²) in [5, 5.41) is 0. The molecular weight excluding hydrogens is 247 g/mol. The van der Waals surface area contributed by atoms with Crippen molar-refractivity contribution in [2.24, 2.45) is 11.3 Å². The smallest absolute Gasteiger partial charge is 0.0141 e. The van der Waals surface area contributed by atoms with Crippen molar-refractivity contribution < 1.29 is 0 Å². The molecular formula is C10H20I. The third-order valence-electron chi connectivity index (χ3n) is 2.67. The van der Waals surface area contributed by atoms with Crippen LogP contribution in [-0.2, 0) is 0 Å². The molecule has 0 saturated carbocycles. The molecule has 0 fully saturated rings. The molecule has 1 heteroatoms. The zero-order chi connectivity index (χ0) is 9.07. The summed E-state index contributed by atoms with van der Waals surface area (Å²) in [7, 11) is 0. The molecule has 0 aliphatic heterocycles. The Morgan fingerprint density at radius 2 is 1.91 bits per heavy atom. The van der Waals surface area contributed by atoms with Crippen LogP contribution in [0.3, 0.4) is 0 Å². The molecule has 0 N–H and O–H groups in total. The highest BCUT2D eigenvalue weighted by molar-refractivity contribution is 14.1. The first-order valence-corrected chi connectivity index (χ1v) is 5.63. The van der Waals surface area contributed by atoms with Crippen LogP contribution in [0.1, 0.15) is 40.5 Å². The van der Waals surface area contributed by atoms with Crippen molar-refractivity contribution in [2.75, 3.05) is 0 Å². The molecule has 0 aromatic rings. The van der Waals surface area contributed by atoms with Crippen molar-refractivity contribution in [3.63, 3.8) is 0 Å². The molecule has 0 bridgehead atoms. The molecule has 67 valence electrons. The summed E-state index contributed by atoms with van der Waals surface area (Å²) in [6.07, 6.45) is 2.59. The van der Waals surface area contributed by atoms with Gasteiger partial charge in [-0.05, 0) is 24.7 Å². The van der Waals surface area contributed by atoms with Crippen LogP contribution in [0.2, 0.25) is 0 Å². The van der Waals surface area contributed by atoms with Crippen LogP contribution in [-0.4, -0.2) is 3.92 Å². The van der Waals surface area contributed by atoms with Crippen LogP contribution in [0.15, 0.2) is 0 Å². The number of halogens is 1. The molecule has 0 heterocycles. The summed E-state index contributed by atoms with van der Waals surface area (Å²) < 4.78 is 0.536. The molecule has 0 spiro atoms. The Labute approximate surface area is 85.3 Å². The molecule has 0 amide bonds. The standard InChI is InChI=1S/C10H20I/c1-6-7-10(4,5)8(2)9(3)11/h8-9H,3,6-7H2,1-2,4-5H3. The number of alkyl halides is 1. The highest BCUT2D eigenvalue weighted by Crippen LogP contribution is 2.36. The van der Waals surface area contributed by atoms with Crippen LogP contribution in [0.5, 0.6) is 0 Å². The lowest BCUT2D eigenvalue weighted by atomic mass is 9.75. The summed E-state index contributed by atoms with van der Waals surface area (Å²) in [6.45, 7) is 13.3. The summed E-state index contributed by atoms with van der Waals surface area (Å²) in [4.78, 5) is 0. The fourth-order valence-electron chi connectivity index (χ4n) is 1.36. The predicted molar refractivity (Wildman–Crippen MR) is 61.0 cm³/mol. The molecule has 1 radical (unpaired) electrons. The first kappa shape index (κ1) is 11.7. The van der Waals surface area contributed by atoms with E-state index in [9.17, 15) is 0 Å². The van der Waals surface area contributed by atoms with Gasteiger partial charge in [-0.2, -0.15) is 0 Å². The second-order valence-corrected chi connectivity index (χ2v) is 5.64. The SMILES string of the molecule is [CH2]C(I)C(C)C(C)(C)CCC. The minimum atomic E-state index is 0.461. The maximum Gasteiger partial charge on any atom is 0.0141 e. The van der Waals surface area contributed by atoms with Gasteiger partial charge in [0.1, 0.15) is 0 Å². The number of hydrogen-bond acceptors (Lipinski definition) is 0. The van der Waals surface area contributed by atoms with Gasteiger partial charge in [0.25, 0.3) is 0 Å². The summed E-state index contributed by atoms with van der Waals surface area (Å²) in [5.41, 5.74) is 0.461. The average molecular weight is 267 g/mol. The van der Waals surface area contributed by atoms with Crippen molar-refractivity contribution in [1.29, 1.82) is 0 Å². The van der Waals surface area contributed by atoms with Crippen LogP contribution >= 0.6 is 22.6 Å². The summed E-state index contributed by atoms with van der Waals surface area (Å²) >= 11 is 2.42. The van der Waals surface area contributed by atoms with E-state index in [2.05, 4.69) is 57.2 Å². The van der Waals surface area contributed by atoms with E-state index >= 15 is 0 Å². The van der Waals surface area contributed by atoms with E-state index in [4.69, 9.17) is 0 Å². The maximum atomic E-state index is 4.07. The van der Waals surface area contributed by atoms with Crippen molar-refractivity contribution in [3.05, 3.63) is 6.92 Å². The second-order valence-electron chi connectivity index (χ2n) is 4.04. The highest BCUT2D eigenvalue weighted by Gasteiger charge is 2.27. The Morgan fingerprint density at radius 3 is 2.18 bits per heavy atom. The van der Waals surface area contributed by atoms with Gasteiger partial charge < -0.3 is 0 Å². The zero-order valence-electron chi connectivity index (χ0n) is 8.15. The highest BCUT2D eigenvalue weighted by atomic mass is 127. The Hall–Kier alpha value is 0.730. The van der Waals surface area contributed by atoms with Crippen molar-refractivity contribution in [1.82, 2.24) is 0 Å². The fourth-order valence-corrected chi connectivity index (χ4v) is 2.34. The van der Waals surface area contributed by atoms with Crippen LogP contribution < -0.4 is 0 Å². The van der Waals surface area contributed by atoms with E-state index in [1.807, 2.05) is 0 Å². The third kappa shape index (κ3) is 3.77. The van der Waals surface area contributed by atoms with Gasteiger partial charge in [-0.15, -0.1) is 0 Å².